The van der Waals surface area contributed by atoms with Crippen molar-refractivity contribution in [2.24, 2.45) is 0 Å². The Balaban J connectivity index is 1.98. The lowest BCUT2D eigenvalue weighted by Crippen LogP contribution is -2.31. The van der Waals surface area contributed by atoms with E-state index in [1.807, 2.05) is 12.1 Å². The van der Waals surface area contributed by atoms with E-state index in [1.165, 1.54) is 7.11 Å². The summed E-state index contributed by atoms with van der Waals surface area (Å²) < 4.78 is 21.5. The molecular weight excluding hydrogens is 336 g/mol. The van der Waals surface area contributed by atoms with Gasteiger partial charge in [-0.1, -0.05) is 24.3 Å². The number of benzene rings is 2. The van der Waals surface area contributed by atoms with E-state index in [2.05, 4.69) is 0 Å². The van der Waals surface area contributed by atoms with Gasteiger partial charge in [0.15, 0.2) is 0 Å². The van der Waals surface area contributed by atoms with Crippen LogP contribution in [0.15, 0.2) is 57.7 Å². The highest BCUT2D eigenvalue weighted by Gasteiger charge is 2.45. The highest BCUT2D eigenvalue weighted by molar-refractivity contribution is 5.88. The van der Waals surface area contributed by atoms with Gasteiger partial charge in [-0.3, -0.25) is 0 Å². The Bertz CT molecular complexity index is 1050. The number of carbonyl (C=O) groups excluding carboxylic acids is 1. The van der Waals surface area contributed by atoms with E-state index >= 15 is 0 Å². The highest BCUT2D eigenvalue weighted by Crippen LogP contribution is 2.44. The lowest BCUT2D eigenvalue weighted by Gasteiger charge is -2.17. The van der Waals surface area contributed by atoms with E-state index in [0.29, 0.717) is 33.6 Å². The molecule has 0 spiro atoms. The number of fused-ring (bicyclic) bond motifs is 3. The summed E-state index contributed by atoms with van der Waals surface area (Å²) in [6.45, 7) is 0. The van der Waals surface area contributed by atoms with E-state index in [1.54, 1.807) is 43.5 Å². The minimum Gasteiger partial charge on any atom is -0.497 e. The molecule has 0 bridgehead atoms. The third-order valence-corrected chi connectivity index (χ3v) is 4.54. The van der Waals surface area contributed by atoms with Crippen LogP contribution < -0.4 is 15.1 Å². The summed E-state index contributed by atoms with van der Waals surface area (Å²) in [5.41, 5.74) is 0.900. The molecule has 0 fully saturated rings. The second kappa shape index (κ2) is 6.22. The van der Waals surface area contributed by atoms with Crippen LogP contribution in [0.5, 0.6) is 11.5 Å². The molecule has 2 atom stereocenters. The minimum atomic E-state index is -0.976. The van der Waals surface area contributed by atoms with Gasteiger partial charge in [0.1, 0.15) is 17.1 Å². The second-order valence-corrected chi connectivity index (χ2v) is 5.94. The largest absolute Gasteiger partial charge is 0.497 e. The van der Waals surface area contributed by atoms with Gasteiger partial charge in [0.05, 0.1) is 31.1 Å². The van der Waals surface area contributed by atoms with Gasteiger partial charge in [-0.05, 0) is 29.8 Å². The molecule has 0 amide bonds. The molecule has 0 radical (unpaired) electrons. The first kappa shape index (κ1) is 16.2. The van der Waals surface area contributed by atoms with E-state index in [-0.39, 0.29) is 0 Å². The zero-order chi connectivity index (χ0) is 18.3. The fourth-order valence-electron chi connectivity index (χ4n) is 3.35. The molecule has 26 heavy (non-hydrogen) atoms. The number of esters is 1. The summed E-state index contributed by atoms with van der Waals surface area (Å²) in [6, 6.07) is 14.2. The maximum atomic E-state index is 12.7. The molecule has 0 saturated carbocycles. The Labute approximate surface area is 148 Å². The van der Waals surface area contributed by atoms with Crippen molar-refractivity contribution in [1.82, 2.24) is 0 Å². The number of rotatable bonds is 3. The number of hydrogen-bond acceptors (Lipinski definition) is 6. The first-order valence-electron chi connectivity index (χ1n) is 8.08. The standard InChI is InChI=1S/C20H16O6/c1-23-12-7-5-6-11(10-12)15-16-17(26-18(15)20(22)24-2)13-8-3-4-9-14(13)25-19(16)21/h3-10,15,18H,1-2H3/t15-,18-/m0/s1. The van der Waals surface area contributed by atoms with Crippen molar-refractivity contribution in [3.8, 4) is 11.5 Å². The zero-order valence-electron chi connectivity index (χ0n) is 14.2. The van der Waals surface area contributed by atoms with E-state index < -0.39 is 23.6 Å². The molecule has 1 aromatic heterocycles. The average Bonchev–Trinajstić information content (AvgIpc) is 3.09. The van der Waals surface area contributed by atoms with E-state index in [0.717, 1.165) is 0 Å². The van der Waals surface area contributed by atoms with E-state index in [4.69, 9.17) is 18.6 Å². The summed E-state index contributed by atoms with van der Waals surface area (Å²) in [5, 5.41) is 0.640. The zero-order valence-corrected chi connectivity index (χ0v) is 14.2. The van der Waals surface area contributed by atoms with Crippen LogP contribution in [-0.2, 0) is 9.53 Å². The number of hydrogen-bond donors (Lipinski definition) is 0. The monoisotopic (exact) mass is 352 g/mol. The molecule has 1 aliphatic heterocycles. The summed E-state index contributed by atoms with van der Waals surface area (Å²) in [5.74, 6) is -0.226. The Morgan fingerprint density at radius 3 is 2.65 bits per heavy atom. The van der Waals surface area contributed by atoms with Gasteiger partial charge in [-0.2, -0.15) is 0 Å². The molecule has 3 aromatic rings. The Morgan fingerprint density at radius 1 is 1.08 bits per heavy atom. The summed E-state index contributed by atoms with van der Waals surface area (Å²) in [6.07, 6.45) is -0.976. The lowest BCUT2D eigenvalue weighted by molar-refractivity contribution is -0.148. The van der Waals surface area contributed by atoms with E-state index in [9.17, 15) is 9.59 Å². The molecular formula is C20H16O6. The van der Waals surface area contributed by atoms with Crippen molar-refractivity contribution in [3.63, 3.8) is 0 Å². The molecule has 0 saturated heterocycles. The predicted octanol–water partition coefficient (Wildman–Crippen LogP) is 2.87. The first-order valence-corrected chi connectivity index (χ1v) is 8.08. The second-order valence-electron chi connectivity index (χ2n) is 5.94. The number of carbonyl (C=O) groups is 1. The van der Waals surface area contributed by atoms with Crippen molar-refractivity contribution in [1.29, 1.82) is 0 Å². The minimum absolute atomic E-state index is 0.312. The molecule has 2 heterocycles. The van der Waals surface area contributed by atoms with Crippen LogP contribution in [0, 0.1) is 0 Å². The Kier molecular flexibility index (Phi) is 3.88. The summed E-state index contributed by atoms with van der Waals surface area (Å²) in [7, 11) is 2.84. The van der Waals surface area contributed by atoms with Crippen LogP contribution in [0.1, 0.15) is 17.0 Å². The van der Waals surface area contributed by atoms with Crippen LogP contribution >= 0.6 is 0 Å². The fourth-order valence-corrected chi connectivity index (χ4v) is 3.35. The van der Waals surface area contributed by atoms with Crippen LogP contribution in [0.2, 0.25) is 0 Å². The smallest absolute Gasteiger partial charge is 0.348 e. The quantitative estimate of drug-likeness (QED) is 0.533. The van der Waals surface area contributed by atoms with Gasteiger partial charge in [-0.25, -0.2) is 9.59 Å². The van der Waals surface area contributed by atoms with Gasteiger partial charge in [0.2, 0.25) is 6.10 Å². The highest BCUT2D eigenvalue weighted by atomic mass is 16.6. The van der Waals surface area contributed by atoms with Crippen LogP contribution in [-0.4, -0.2) is 26.3 Å². The molecule has 6 nitrogen and oxygen atoms in total. The van der Waals surface area contributed by atoms with Gasteiger partial charge in [0.25, 0.3) is 0 Å². The molecule has 132 valence electrons. The van der Waals surface area contributed by atoms with Crippen LogP contribution in [0.3, 0.4) is 0 Å². The van der Waals surface area contributed by atoms with Gasteiger partial charge in [0, 0.05) is 0 Å². The van der Waals surface area contributed by atoms with Crippen molar-refractivity contribution in [3.05, 3.63) is 70.1 Å². The average molecular weight is 352 g/mol. The maximum absolute atomic E-state index is 12.7. The van der Waals surface area contributed by atoms with Gasteiger partial charge < -0.3 is 18.6 Å². The molecule has 4 rings (SSSR count). The Morgan fingerprint density at radius 2 is 1.88 bits per heavy atom. The van der Waals surface area contributed by atoms with Gasteiger partial charge >= 0.3 is 11.6 Å². The first-order chi connectivity index (χ1) is 12.6. The molecule has 2 aromatic carbocycles. The topological polar surface area (TPSA) is 75.0 Å². The third-order valence-electron chi connectivity index (χ3n) is 4.54. The molecule has 0 unspecified atom stereocenters. The maximum Gasteiger partial charge on any atom is 0.348 e. The summed E-state index contributed by atoms with van der Waals surface area (Å²) >= 11 is 0. The number of para-hydroxylation sites is 1. The normalized spacial score (nSPS) is 18.2. The molecule has 6 heteroatoms. The van der Waals surface area contributed by atoms with Crippen molar-refractivity contribution < 1.29 is 23.4 Å². The van der Waals surface area contributed by atoms with Crippen LogP contribution in [0.25, 0.3) is 11.0 Å². The third kappa shape index (κ3) is 2.42. The SMILES string of the molecule is COC(=O)[C@H]1Oc2c(c(=O)oc3ccccc23)[C@@H]1c1cccc(OC)c1. The summed E-state index contributed by atoms with van der Waals surface area (Å²) in [4.78, 5) is 25.0. The Hall–Kier alpha value is -3.28. The van der Waals surface area contributed by atoms with Gasteiger partial charge in [-0.15, -0.1) is 0 Å². The van der Waals surface area contributed by atoms with Crippen molar-refractivity contribution in [2.75, 3.05) is 14.2 Å². The molecule has 1 aliphatic rings. The lowest BCUT2D eigenvalue weighted by atomic mass is 9.88. The van der Waals surface area contributed by atoms with Crippen molar-refractivity contribution in [2.45, 2.75) is 12.0 Å². The van der Waals surface area contributed by atoms with Crippen molar-refractivity contribution >= 4 is 16.9 Å². The number of ether oxygens (including phenoxy) is 3. The molecule has 0 aliphatic carbocycles. The predicted molar refractivity (Wildman–Crippen MR) is 93.8 cm³/mol. The fraction of sp³-hybridized carbons (Fsp3) is 0.200. The van der Waals surface area contributed by atoms with Crippen LogP contribution in [0.4, 0.5) is 0 Å². The molecule has 0 N–H and O–H groups in total. The number of methoxy groups -OCH3 is 2.